The zero-order valence-electron chi connectivity index (χ0n) is 13.4. The van der Waals surface area contributed by atoms with Crippen LogP contribution in [0.3, 0.4) is 0 Å². The van der Waals surface area contributed by atoms with Gasteiger partial charge in [-0.1, -0.05) is 30.3 Å². The highest BCUT2D eigenvalue weighted by atomic mass is 16.2. The molecule has 1 N–H and O–H groups in total. The van der Waals surface area contributed by atoms with E-state index in [1.165, 1.54) is 4.80 Å². The lowest BCUT2D eigenvalue weighted by molar-refractivity contribution is 0.102. The fraction of sp³-hybridized carbons (Fsp3) is 0.167. The summed E-state index contributed by atoms with van der Waals surface area (Å²) in [4.78, 5) is 14.0. The maximum absolute atomic E-state index is 12.5. The summed E-state index contributed by atoms with van der Waals surface area (Å²) < 4.78 is 0. The molecule has 3 aromatic rings. The molecule has 0 fully saturated rings. The highest BCUT2D eigenvalue weighted by Crippen LogP contribution is 2.19. The van der Waals surface area contributed by atoms with Gasteiger partial charge in [0.1, 0.15) is 0 Å². The van der Waals surface area contributed by atoms with E-state index in [1.807, 2.05) is 62.4 Å². The van der Waals surface area contributed by atoms with Crippen molar-refractivity contribution in [3.63, 3.8) is 0 Å². The van der Waals surface area contributed by atoms with E-state index >= 15 is 0 Å². The summed E-state index contributed by atoms with van der Waals surface area (Å²) in [5.74, 6) is -0.251. The molecule has 0 bridgehead atoms. The number of anilines is 1. The predicted molar refractivity (Wildman–Crippen MR) is 90.0 cm³/mol. The highest BCUT2D eigenvalue weighted by molar-refractivity contribution is 6.04. The smallest absolute Gasteiger partial charge is 0.278 e. The van der Waals surface area contributed by atoms with Crippen molar-refractivity contribution in [2.75, 3.05) is 5.32 Å². The number of nitrogens with zero attached hydrogens (tertiary/aromatic N) is 3. The van der Waals surface area contributed by atoms with Crippen molar-refractivity contribution in [2.24, 2.45) is 0 Å². The summed E-state index contributed by atoms with van der Waals surface area (Å²) in [5, 5.41) is 11.6. The molecule has 1 heterocycles. The highest BCUT2D eigenvalue weighted by Gasteiger charge is 2.17. The first-order chi connectivity index (χ1) is 11.1. The molecule has 0 unspecified atom stereocenters. The van der Waals surface area contributed by atoms with Gasteiger partial charge in [-0.25, -0.2) is 0 Å². The van der Waals surface area contributed by atoms with Gasteiger partial charge in [0.25, 0.3) is 5.91 Å². The minimum Gasteiger partial charge on any atom is -0.320 e. The van der Waals surface area contributed by atoms with Crippen molar-refractivity contribution in [1.29, 1.82) is 0 Å². The van der Waals surface area contributed by atoms with E-state index < -0.39 is 0 Å². The van der Waals surface area contributed by atoms with Crippen LogP contribution in [0.4, 0.5) is 5.69 Å². The minimum absolute atomic E-state index is 0.251. The van der Waals surface area contributed by atoms with Gasteiger partial charge in [0.2, 0.25) is 0 Å². The van der Waals surface area contributed by atoms with Crippen LogP contribution in [0.5, 0.6) is 0 Å². The summed E-state index contributed by atoms with van der Waals surface area (Å²) in [7, 11) is 0. The van der Waals surface area contributed by atoms with Crippen LogP contribution in [0.25, 0.3) is 5.69 Å². The molecular formula is C18H18N4O. The quantitative estimate of drug-likeness (QED) is 0.806. The van der Waals surface area contributed by atoms with Crippen LogP contribution in [-0.2, 0) is 0 Å². The zero-order chi connectivity index (χ0) is 16.4. The summed E-state index contributed by atoms with van der Waals surface area (Å²) in [6.07, 6.45) is 0. The number of hydrogen-bond acceptors (Lipinski definition) is 3. The predicted octanol–water partition coefficient (Wildman–Crippen LogP) is 3.44. The molecule has 0 spiro atoms. The Morgan fingerprint density at radius 1 is 0.957 bits per heavy atom. The van der Waals surface area contributed by atoms with E-state index in [1.54, 1.807) is 6.92 Å². The molecule has 0 saturated carbocycles. The molecule has 3 rings (SSSR count). The van der Waals surface area contributed by atoms with Crippen LogP contribution < -0.4 is 5.32 Å². The largest absolute Gasteiger partial charge is 0.320 e. The average molecular weight is 306 g/mol. The van der Waals surface area contributed by atoms with E-state index in [0.29, 0.717) is 11.4 Å². The Hall–Kier alpha value is -2.95. The van der Waals surface area contributed by atoms with Crippen molar-refractivity contribution < 1.29 is 4.79 Å². The molecule has 116 valence electrons. The first kappa shape index (κ1) is 15.0. The first-order valence-electron chi connectivity index (χ1n) is 7.43. The number of carbonyl (C=O) groups excluding carboxylic acids is 1. The topological polar surface area (TPSA) is 59.8 Å². The monoisotopic (exact) mass is 306 g/mol. The Morgan fingerprint density at radius 2 is 1.70 bits per heavy atom. The van der Waals surface area contributed by atoms with Crippen molar-refractivity contribution >= 4 is 11.6 Å². The molecule has 0 aliphatic carbocycles. The van der Waals surface area contributed by atoms with Gasteiger partial charge in [0, 0.05) is 5.69 Å². The number of nitrogens with one attached hydrogen (secondary N) is 1. The van der Waals surface area contributed by atoms with Crippen LogP contribution in [0.1, 0.15) is 27.3 Å². The molecule has 0 saturated heterocycles. The van der Waals surface area contributed by atoms with Crippen molar-refractivity contribution in [2.45, 2.75) is 20.8 Å². The summed E-state index contributed by atoms with van der Waals surface area (Å²) in [5.41, 5.74) is 4.72. The Labute approximate surface area is 135 Å². The maximum atomic E-state index is 12.5. The van der Waals surface area contributed by atoms with Crippen molar-refractivity contribution in [3.05, 3.63) is 71.0 Å². The molecule has 1 aromatic heterocycles. The summed E-state index contributed by atoms with van der Waals surface area (Å²) in [6, 6.07) is 15.4. The number of hydrogen-bond donors (Lipinski definition) is 1. The second-order valence-corrected chi connectivity index (χ2v) is 5.46. The van der Waals surface area contributed by atoms with E-state index in [0.717, 1.165) is 22.5 Å². The third kappa shape index (κ3) is 2.99. The lowest BCUT2D eigenvalue weighted by Crippen LogP contribution is -2.15. The number of amides is 1. The van der Waals surface area contributed by atoms with Gasteiger partial charge in [-0.05, 0) is 50.1 Å². The summed E-state index contributed by atoms with van der Waals surface area (Å²) >= 11 is 0. The number of para-hydroxylation sites is 1. The van der Waals surface area contributed by atoms with Gasteiger partial charge in [-0.2, -0.15) is 9.90 Å². The standard InChI is InChI=1S/C18H18N4O/c1-12-8-7-11-16(13(12)2)19-18(23)17-14(3)20-22(21-17)15-9-5-4-6-10-15/h4-11H,1-3H3,(H,19,23). The third-order valence-corrected chi connectivity index (χ3v) is 3.84. The van der Waals surface area contributed by atoms with E-state index in [9.17, 15) is 4.79 Å². The molecule has 0 aliphatic heterocycles. The number of carbonyl (C=O) groups is 1. The lowest BCUT2D eigenvalue weighted by atomic mass is 10.1. The van der Waals surface area contributed by atoms with Gasteiger partial charge < -0.3 is 5.32 Å². The Balaban J connectivity index is 1.89. The van der Waals surface area contributed by atoms with Crippen molar-refractivity contribution in [1.82, 2.24) is 15.0 Å². The molecule has 0 atom stereocenters. The van der Waals surface area contributed by atoms with Gasteiger partial charge in [-0.3, -0.25) is 4.79 Å². The number of benzene rings is 2. The molecular weight excluding hydrogens is 288 g/mol. The zero-order valence-corrected chi connectivity index (χ0v) is 13.4. The minimum atomic E-state index is -0.251. The second kappa shape index (κ2) is 6.04. The Morgan fingerprint density at radius 3 is 2.43 bits per heavy atom. The Kier molecular flexibility index (Phi) is 3.93. The number of aryl methyl sites for hydroxylation is 2. The van der Waals surface area contributed by atoms with E-state index in [2.05, 4.69) is 15.5 Å². The van der Waals surface area contributed by atoms with Crippen molar-refractivity contribution in [3.8, 4) is 5.69 Å². The van der Waals surface area contributed by atoms with Crippen LogP contribution in [-0.4, -0.2) is 20.9 Å². The maximum Gasteiger partial charge on any atom is 0.278 e. The second-order valence-electron chi connectivity index (χ2n) is 5.46. The third-order valence-electron chi connectivity index (χ3n) is 3.84. The van der Waals surface area contributed by atoms with Crippen LogP contribution in [0.2, 0.25) is 0 Å². The molecule has 0 aliphatic rings. The molecule has 2 aromatic carbocycles. The molecule has 1 amide bonds. The summed E-state index contributed by atoms with van der Waals surface area (Å²) in [6.45, 7) is 5.78. The lowest BCUT2D eigenvalue weighted by Gasteiger charge is -2.09. The fourth-order valence-corrected chi connectivity index (χ4v) is 2.33. The van der Waals surface area contributed by atoms with Crippen LogP contribution in [0, 0.1) is 20.8 Å². The fourth-order valence-electron chi connectivity index (χ4n) is 2.33. The first-order valence-corrected chi connectivity index (χ1v) is 7.43. The van der Waals surface area contributed by atoms with E-state index in [-0.39, 0.29) is 5.91 Å². The number of aromatic nitrogens is 3. The van der Waals surface area contributed by atoms with Gasteiger partial charge in [0.05, 0.1) is 11.4 Å². The van der Waals surface area contributed by atoms with E-state index in [4.69, 9.17) is 0 Å². The van der Waals surface area contributed by atoms with Crippen LogP contribution >= 0.6 is 0 Å². The molecule has 5 heteroatoms. The van der Waals surface area contributed by atoms with Gasteiger partial charge >= 0.3 is 0 Å². The Bertz CT molecular complexity index is 853. The van der Waals surface area contributed by atoms with Crippen LogP contribution in [0.15, 0.2) is 48.5 Å². The van der Waals surface area contributed by atoms with Gasteiger partial charge in [-0.15, -0.1) is 5.10 Å². The average Bonchev–Trinajstić information content (AvgIpc) is 2.95. The van der Waals surface area contributed by atoms with Gasteiger partial charge in [0.15, 0.2) is 5.69 Å². The molecule has 5 nitrogen and oxygen atoms in total. The molecule has 0 radical (unpaired) electrons. The molecule has 23 heavy (non-hydrogen) atoms. The number of rotatable bonds is 3. The SMILES string of the molecule is Cc1cccc(NC(=O)c2nn(-c3ccccc3)nc2C)c1C. The normalized spacial score (nSPS) is 10.6.